The van der Waals surface area contributed by atoms with Gasteiger partial charge in [-0.1, -0.05) is 131 Å². The molecule has 392 valence electrons. The number of nitrogens with zero attached hydrogens (tertiary/aromatic N) is 2. The highest BCUT2D eigenvalue weighted by molar-refractivity contribution is 7.90. The van der Waals surface area contributed by atoms with Crippen LogP contribution in [0.15, 0.2) is 122 Å². The van der Waals surface area contributed by atoms with E-state index in [1.54, 1.807) is 13.2 Å². The molecule has 7 atom stereocenters. The lowest BCUT2D eigenvalue weighted by molar-refractivity contribution is -0.0415. The third kappa shape index (κ3) is 11.0. The van der Waals surface area contributed by atoms with Crippen LogP contribution in [0, 0.1) is 17.8 Å². The predicted molar refractivity (Wildman–Crippen MR) is 297 cm³/mol. The number of anilines is 1. The summed E-state index contributed by atoms with van der Waals surface area (Å²) >= 11 is 6.52. The second-order valence-electron chi connectivity index (χ2n) is 22.4. The van der Waals surface area contributed by atoms with Gasteiger partial charge in [-0.2, -0.15) is 0 Å². The van der Waals surface area contributed by atoms with E-state index in [1.165, 1.54) is 17.7 Å². The van der Waals surface area contributed by atoms with E-state index in [2.05, 4.69) is 95.7 Å². The molecule has 1 saturated carbocycles. The maximum absolute atomic E-state index is 14.8. The van der Waals surface area contributed by atoms with Gasteiger partial charge in [0.1, 0.15) is 11.4 Å². The number of amides is 1. The number of aryl methyl sites for hydroxylation is 1. The molecule has 14 heteroatoms. The van der Waals surface area contributed by atoms with Crippen LogP contribution < -0.4 is 30.0 Å². The van der Waals surface area contributed by atoms with Crippen molar-refractivity contribution in [3.05, 3.63) is 144 Å². The molecular weight excluding hydrogens is 972 g/mol. The van der Waals surface area contributed by atoms with Crippen molar-refractivity contribution in [2.24, 2.45) is 17.8 Å². The summed E-state index contributed by atoms with van der Waals surface area (Å²) in [7, 11) is -5.46. The standard InChI is InChI=1S/C52H63ClN2O6SSi.C7H14N2O/c1-7-52(59-6)30-14-16-37(2)48(28-31-61-63(50(3,4)5,42-18-10-8-11-19-42)43-20-12-9-13-21-43)62(57,58)54-49(56)39-23-27-47-46(33-39)55(34-40-22-25-45(40)52)35-51(36-60-47)29-15-17-38-32-41(53)24-26-44(38)51;1-2-9-3-4-10-6-7(9)5-8-1/h7-14,18-21,23-24,26-27,30,32-33,37,40,45,48H,1,15-17,22,25,28-29,31,34-36H2,2-6H3,(H,54,56);7-8H,1-6H2/b30-14+;/t37-,40-,45+,48+,51-,52+;7-/m00/s1. The van der Waals surface area contributed by atoms with Gasteiger partial charge in [-0.15, -0.1) is 0 Å². The van der Waals surface area contributed by atoms with Crippen LogP contribution in [0.3, 0.4) is 0 Å². The van der Waals surface area contributed by atoms with Crippen LogP contribution in [-0.2, 0) is 35.8 Å². The first kappa shape index (κ1) is 53.5. The molecule has 0 aromatic heterocycles. The summed E-state index contributed by atoms with van der Waals surface area (Å²) in [6.07, 6.45) is 11.6. The Morgan fingerprint density at radius 2 is 1.74 bits per heavy atom. The Bertz CT molecular complexity index is 2640. The molecule has 2 bridgehead atoms. The zero-order valence-corrected chi connectivity index (χ0v) is 46.2. The van der Waals surface area contributed by atoms with Crippen molar-refractivity contribution in [1.82, 2.24) is 14.9 Å². The molecule has 0 unspecified atom stereocenters. The summed E-state index contributed by atoms with van der Waals surface area (Å²) in [5.74, 6) is 0.0515. The van der Waals surface area contributed by atoms with E-state index in [0.29, 0.717) is 37.9 Å². The molecule has 2 aliphatic carbocycles. The van der Waals surface area contributed by atoms with E-state index >= 15 is 0 Å². The first-order valence-corrected chi connectivity index (χ1v) is 30.5. The lowest BCUT2D eigenvalue weighted by atomic mass is 9.64. The molecule has 4 aromatic carbocycles. The molecule has 1 amide bonds. The Morgan fingerprint density at radius 3 is 2.41 bits per heavy atom. The van der Waals surface area contributed by atoms with Crippen LogP contribution >= 0.6 is 11.6 Å². The van der Waals surface area contributed by atoms with E-state index in [0.717, 1.165) is 86.0 Å². The Kier molecular flexibility index (Phi) is 16.5. The van der Waals surface area contributed by atoms with Crippen molar-refractivity contribution in [3.63, 3.8) is 0 Å². The highest BCUT2D eigenvalue weighted by Crippen LogP contribution is 2.49. The number of rotatable bonds is 8. The Balaban J connectivity index is 0.000000581. The normalized spacial score (nSPS) is 28.8. The first-order valence-electron chi connectivity index (χ1n) is 26.6. The minimum atomic E-state index is -4.23. The number of piperazine rings is 1. The van der Waals surface area contributed by atoms with E-state index < -0.39 is 35.1 Å². The second kappa shape index (κ2) is 22.5. The minimum Gasteiger partial charge on any atom is -0.490 e. The van der Waals surface area contributed by atoms with Gasteiger partial charge in [0.25, 0.3) is 14.2 Å². The van der Waals surface area contributed by atoms with Crippen LogP contribution in [0.25, 0.3) is 0 Å². The maximum Gasteiger partial charge on any atom is 0.264 e. The van der Waals surface area contributed by atoms with Gasteiger partial charge in [0, 0.05) is 75.0 Å². The Morgan fingerprint density at radius 1 is 0.986 bits per heavy atom. The van der Waals surface area contributed by atoms with Gasteiger partial charge in [-0.25, -0.2) is 13.1 Å². The summed E-state index contributed by atoms with van der Waals surface area (Å²) in [5, 5.41) is 5.09. The molecule has 2 N–H and O–H groups in total. The Hall–Kier alpha value is -4.31. The van der Waals surface area contributed by atoms with Crippen LogP contribution in [0.2, 0.25) is 10.1 Å². The van der Waals surface area contributed by atoms with Crippen LogP contribution in [0.4, 0.5) is 5.69 Å². The maximum atomic E-state index is 14.8. The molecule has 4 heterocycles. The van der Waals surface area contributed by atoms with Crippen molar-refractivity contribution in [3.8, 4) is 5.75 Å². The zero-order chi connectivity index (χ0) is 51.4. The van der Waals surface area contributed by atoms with Crippen LogP contribution in [0.5, 0.6) is 5.75 Å². The third-order valence-corrected chi connectivity index (χ3v) is 24.3. The zero-order valence-electron chi connectivity index (χ0n) is 43.6. The number of allylic oxidation sites excluding steroid dienone is 1. The molecule has 10 rings (SSSR count). The number of hydrogen-bond acceptors (Lipinski definition) is 10. The van der Waals surface area contributed by atoms with Crippen molar-refractivity contribution in [2.45, 2.75) is 100.0 Å². The molecule has 11 nitrogen and oxygen atoms in total. The number of fused-ring (bicyclic) bond motifs is 5. The molecule has 1 spiro atoms. The van der Waals surface area contributed by atoms with Gasteiger partial charge in [0.15, 0.2) is 0 Å². The molecule has 4 aromatic rings. The van der Waals surface area contributed by atoms with Crippen molar-refractivity contribution in [1.29, 1.82) is 0 Å². The smallest absolute Gasteiger partial charge is 0.264 e. The highest BCUT2D eigenvalue weighted by Gasteiger charge is 2.51. The number of morpholine rings is 1. The van der Waals surface area contributed by atoms with Crippen molar-refractivity contribution in [2.75, 3.05) is 77.7 Å². The number of carbonyl (C=O) groups is 1. The Labute approximate surface area is 441 Å². The number of carbonyl (C=O) groups excluding carboxylic acids is 1. The summed E-state index contributed by atoms with van der Waals surface area (Å²) in [5.41, 5.74) is 2.51. The number of benzene rings is 4. The number of nitrogens with one attached hydrogen (secondary N) is 2. The number of hydrogen-bond donors (Lipinski definition) is 2. The van der Waals surface area contributed by atoms with Gasteiger partial charge in [-0.3, -0.25) is 9.69 Å². The first-order chi connectivity index (χ1) is 35.1. The summed E-state index contributed by atoms with van der Waals surface area (Å²) in [4.78, 5) is 19.2. The predicted octanol–water partition coefficient (Wildman–Crippen LogP) is 8.69. The van der Waals surface area contributed by atoms with Crippen molar-refractivity contribution < 1.29 is 31.8 Å². The SMILES string of the molecule is C1CN2CCOC[C@@H]2CN1.C=C[C@@]1(OC)/C=C/C[C@H](C)[C@@H](CCO[Si](c2ccccc2)(c2ccccc2)C(C)(C)C)S(=O)(=O)NC(=O)c2ccc3c(c2)N(C[C@@H]2CC[C@H]21)C[C@@]1(CCCc2cc(Cl)ccc21)CO3. The monoisotopic (exact) mass is 1050 g/mol. The van der Waals surface area contributed by atoms with E-state index in [1.807, 2.05) is 67.6 Å². The van der Waals surface area contributed by atoms with E-state index in [-0.39, 0.29) is 46.8 Å². The van der Waals surface area contributed by atoms with Gasteiger partial charge < -0.3 is 28.9 Å². The number of ether oxygens (including phenoxy) is 3. The topological polar surface area (TPSA) is 119 Å². The number of sulfonamides is 1. The third-order valence-electron chi connectivity index (χ3n) is 17.0. The lowest BCUT2D eigenvalue weighted by Gasteiger charge is -2.49. The van der Waals surface area contributed by atoms with Gasteiger partial charge in [0.05, 0.1) is 30.8 Å². The van der Waals surface area contributed by atoms with Gasteiger partial charge in [-0.05, 0) is 120 Å². The van der Waals surface area contributed by atoms with Crippen molar-refractivity contribution >= 4 is 51.9 Å². The number of halogens is 1. The van der Waals surface area contributed by atoms with Gasteiger partial charge in [0.2, 0.25) is 10.0 Å². The average Bonchev–Trinajstić information content (AvgIpc) is 3.53. The summed E-state index contributed by atoms with van der Waals surface area (Å²) in [6, 6.07) is 32.9. The van der Waals surface area contributed by atoms with E-state index in [4.69, 9.17) is 30.2 Å². The summed E-state index contributed by atoms with van der Waals surface area (Å²) < 4.78 is 57.8. The van der Waals surface area contributed by atoms with Crippen LogP contribution in [0.1, 0.15) is 87.7 Å². The van der Waals surface area contributed by atoms with E-state index in [9.17, 15) is 13.2 Å². The van der Waals surface area contributed by atoms with Gasteiger partial charge >= 0.3 is 0 Å². The fourth-order valence-corrected chi connectivity index (χ4v) is 19.4. The molecular formula is C59H77ClN4O7SSi. The molecule has 3 fully saturated rings. The second-order valence-corrected chi connectivity index (χ2v) is 29.0. The fourth-order valence-electron chi connectivity index (χ4n) is 12.9. The highest BCUT2D eigenvalue weighted by atomic mass is 35.5. The largest absolute Gasteiger partial charge is 0.490 e. The average molecular weight is 1050 g/mol. The molecule has 6 aliphatic rings. The lowest BCUT2D eigenvalue weighted by Crippen LogP contribution is -2.66. The van der Waals surface area contributed by atoms with Crippen LogP contribution in [-0.4, -0.2) is 117 Å². The minimum absolute atomic E-state index is 0.145. The summed E-state index contributed by atoms with van der Waals surface area (Å²) in [6.45, 7) is 21.4. The quantitative estimate of drug-likeness (QED) is 0.131. The molecule has 73 heavy (non-hydrogen) atoms. The molecule has 2 saturated heterocycles. The molecule has 0 radical (unpaired) electrons. The molecule has 4 aliphatic heterocycles. The number of methoxy groups -OCH3 is 1. The fraction of sp³-hybridized carbons (Fsp3) is 0.508.